The van der Waals surface area contributed by atoms with Crippen LogP contribution in [0.3, 0.4) is 0 Å². The van der Waals surface area contributed by atoms with Crippen molar-refractivity contribution in [2.45, 2.75) is 12.3 Å². The number of carbonyl (C=O) groups is 1. The van der Waals surface area contributed by atoms with Crippen LogP contribution >= 0.6 is 27.7 Å². The highest BCUT2D eigenvalue weighted by molar-refractivity contribution is 9.10. The maximum absolute atomic E-state index is 13.0. The van der Waals surface area contributed by atoms with Crippen molar-refractivity contribution < 1.29 is 9.53 Å². The molecule has 2 aliphatic rings. The van der Waals surface area contributed by atoms with E-state index in [4.69, 9.17) is 4.74 Å². The zero-order valence-electron chi connectivity index (χ0n) is 15.3. The number of thioether (sulfide) groups is 1. The van der Waals surface area contributed by atoms with Crippen molar-refractivity contribution in [3.63, 3.8) is 0 Å². The molecule has 0 bridgehead atoms. The molecule has 2 aromatic rings. The summed E-state index contributed by atoms with van der Waals surface area (Å²) in [5.41, 5.74) is 2.61. The fourth-order valence-corrected chi connectivity index (χ4v) is 5.01. The molecule has 0 spiro atoms. The Morgan fingerprint density at radius 2 is 1.96 bits per heavy atom. The molecule has 1 fully saturated rings. The van der Waals surface area contributed by atoms with Crippen LogP contribution in [0, 0.1) is 11.3 Å². The van der Waals surface area contributed by atoms with Gasteiger partial charge in [-0.25, -0.2) is 0 Å². The Bertz CT molecular complexity index is 984. The first-order chi connectivity index (χ1) is 13.6. The molecule has 0 aromatic heterocycles. The van der Waals surface area contributed by atoms with Gasteiger partial charge in [0.2, 0.25) is 5.91 Å². The predicted octanol–water partition coefficient (Wildman–Crippen LogP) is 4.68. The topological polar surface area (TPSA) is 56.6 Å². The highest BCUT2D eigenvalue weighted by Crippen LogP contribution is 2.44. The van der Waals surface area contributed by atoms with Gasteiger partial charge >= 0.3 is 0 Å². The lowest BCUT2D eigenvalue weighted by Crippen LogP contribution is -2.47. The van der Waals surface area contributed by atoms with Gasteiger partial charge in [0.05, 0.1) is 42.0 Å². The van der Waals surface area contributed by atoms with Crippen molar-refractivity contribution in [2.75, 3.05) is 24.6 Å². The van der Waals surface area contributed by atoms with Crippen molar-refractivity contribution in [3.05, 3.63) is 69.2 Å². The number of amides is 1. The first-order valence-electron chi connectivity index (χ1n) is 8.83. The summed E-state index contributed by atoms with van der Waals surface area (Å²) in [4.78, 5) is 16.8. The van der Waals surface area contributed by atoms with Gasteiger partial charge in [0.1, 0.15) is 5.75 Å². The smallest absolute Gasteiger partial charge is 0.229 e. The minimum atomic E-state index is -0.192. The maximum atomic E-state index is 13.0. The monoisotopic (exact) mass is 455 g/mol. The number of para-hydroxylation sites is 2. The van der Waals surface area contributed by atoms with Crippen molar-refractivity contribution in [1.82, 2.24) is 4.90 Å². The molecule has 0 N–H and O–H groups in total. The fourth-order valence-electron chi connectivity index (χ4n) is 3.59. The van der Waals surface area contributed by atoms with Crippen LogP contribution in [0.1, 0.15) is 17.9 Å². The number of carbonyl (C=O) groups excluding carboxylic acids is 1. The first-order valence-corrected chi connectivity index (χ1v) is 10.6. The van der Waals surface area contributed by atoms with Crippen molar-refractivity contribution in [1.29, 1.82) is 5.26 Å². The average molecular weight is 456 g/mol. The third kappa shape index (κ3) is 3.38. The lowest BCUT2D eigenvalue weighted by atomic mass is 9.86. The van der Waals surface area contributed by atoms with E-state index in [1.54, 1.807) is 12.0 Å². The average Bonchev–Trinajstić information content (AvgIpc) is 2.74. The summed E-state index contributed by atoms with van der Waals surface area (Å²) in [5, 5.41) is 10.6. The van der Waals surface area contributed by atoms with Gasteiger partial charge in [0.15, 0.2) is 0 Å². The van der Waals surface area contributed by atoms with E-state index in [-0.39, 0.29) is 11.8 Å². The summed E-state index contributed by atoms with van der Waals surface area (Å²) in [6.07, 6.45) is 0.300. The Labute approximate surface area is 176 Å². The SMILES string of the molecule is COc1ccccc1N1CSC2=C(C#N)C(c3ccc(Br)cc3)CC(=O)N2C1. The van der Waals surface area contributed by atoms with Crippen LogP contribution < -0.4 is 9.64 Å². The number of nitriles is 1. The number of benzene rings is 2. The number of fused-ring (bicyclic) bond motifs is 1. The van der Waals surface area contributed by atoms with Crippen LogP contribution in [0.25, 0.3) is 0 Å². The maximum Gasteiger partial charge on any atom is 0.229 e. The molecule has 2 aromatic carbocycles. The van der Waals surface area contributed by atoms with Gasteiger partial charge in [-0.2, -0.15) is 5.26 Å². The minimum Gasteiger partial charge on any atom is -0.495 e. The number of allylic oxidation sites excluding steroid dienone is 1. The van der Waals surface area contributed by atoms with E-state index in [1.165, 1.54) is 11.8 Å². The van der Waals surface area contributed by atoms with E-state index in [2.05, 4.69) is 26.9 Å². The van der Waals surface area contributed by atoms with E-state index < -0.39 is 0 Å². The molecule has 1 atom stereocenters. The molecule has 1 amide bonds. The van der Waals surface area contributed by atoms with E-state index in [0.717, 1.165) is 26.5 Å². The Hall–Kier alpha value is -2.43. The number of rotatable bonds is 3. The second-order valence-corrected chi connectivity index (χ2v) is 8.44. The van der Waals surface area contributed by atoms with Gasteiger partial charge in [-0.1, -0.05) is 52.0 Å². The van der Waals surface area contributed by atoms with Crippen LogP contribution in [0.5, 0.6) is 5.75 Å². The summed E-state index contributed by atoms with van der Waals surface area (Å²) in [5.74, 6) is 1.27. The van der Waals surface area contributed by atoms with Gasteiger partial charge in [-0.15, -0.1) is 0 Å². The molecule has 2 heterocycles. The summed E-state index contributed by atoms with van der Waals surface area (Å²) < 4.78 is 6.44. The van der Waals surface area contributed by atoms with Crippen molar-refractivity contribution >= 4 is 39.3 Å². The van der Waals surface area contributed by atoms with Gasteiger partial charge in [-0.05, 0) is 29.8 Å². The molecule has 0 radical (unpaired) electrons. The van der Waals surface area contributed by atoms with Gasteiger partial charge in [-0.3, -0.25) is 9.69 Å². The number of hydrogen-bond acceptors (Lipinski definition) is 5. The van der Waals surface area contributed by atoms with E-state index in [0.29, 0.717) is 24.5 Å². The normalized spacial score (nSPS) is 19.3. The second kappa shape index (κ2) is 7.90. The molecule has 1 saturated heterocycles. The Morgan fingerprint density at radius 3 is 2.68 bits per heavy atom. The molecule has 142 valence electrons. The van der Waals surface area contributed by atoms with Crippen LogP contribution in [0.15, 0.2) is 63.6 Å². The Kier molecular flexibility index (Phi) is 5.33. The third-order valence-corrected chi connectivity index (χ3v) is 6.67. The summed E-state index contributed by atoms with van der Waals surface area (Å²) in [6, 6.07) is 18.0. The minimum absolute atomic E-state index is 0.0361. The number of nitrogens with zero attached hydrogens (tertiary/aromatic N) is 3. The zero-order chi connectivity index (χ0) is 19.7. The number of anilines is 1. The quantitative estimate of drug-likeness (QED) is 0.672. The molecule has 1 unspecified atom stereocenters. The second-order valence-electron chi connectivity index (χ2n) is 6.59. The molecule has 0 saturated carbocycles. The van der Waals surface area contributed by atoms with Crippen LogP contribution in [-0.2, 0) is 4.79 Å². The van der Waals surface area contributed by atoms with E-state index >= 15 is 0 Å². The number of hydrogen-bond donors (Lipinski definition) is 0. The largest absolute Gasteiger partial charge is 0.495 e. The molecule has 2 aliphatic heterocycles. The van der Waals surface area contributed by atoms with E-state index in [9.17, 15) is 10.1 Å². The molecule has 28 heavy (non-hydrogen) atoms. The standard InChI is InChI=1S/C21H18BrN3O2S/c1-27-19-5-3-2-4-18(19)24-12-25-20(26)10-16(14-6-8-15(22)9-7-14)17(11-23)21(25)28-13-24/h2-9,16H,10,12-13H2,1H3. The van der Waals surface area contributed by atoms with Gasteiger partial charge in [0.25, 0.3) is 0 Å². The first kappa shape index (κ1) is 18.9. The molecular formula is C21H18BrN3O2S. The lowest BCUT2D eigenvalue weighted by Gasteiger charge is -2.42. The van der Waals surface area contributed by atoms with Crippen molar-refractivity contribution in [3.8, 4) is 11.8 Å². The van der Waals surface area contributed by atoms with E-state index in [1.807, 2.05) is 48.5 Å². The summed E-state index contributed by atoms with van der Waals surface area (Å²) in [6.45, 7) is 0.416. The summed E-state index contributed by atoms with van der Waals surface area (Å²) in [7, 11) is 1.64. The lowest BCUT2D eigenvalue weighted by molar-refractivity contribution is -0.129. The highest BCUT2D eigenvalue weighted by atomic mass is 79.9. The molecule has 4 rings (SSSR count). The van der Waals surface area contributed by atoms with Gasteiger partial charge < -0.3 is 9.64 Å². The molecule has 7 heteroatoms. The number of methoxy groups -OCH3 is 1. The molecular weight excluding hydrogens is 438 g/mol. The predicted molar refractivity (Wildman–Crippen MR) is 114 cm³/mol. The molecule has 5 nitrogen and oxygen atoms in total. The molecule has 0 aliphatic carbocycles. The summed E-state index contributed by atoms with van der Waals surface area (Å²) >= 11 is 4.97. The Balaban J connectivity index is 1.67. The van der Waals surface area contributed by atoms with Crippen LogP contribution in [0.4, 0.5) is 5.69 Å². The fraction of sp³-hybridized carbons (Fsp3) is 0.238. The van der Waals surface area contributed by atoms with Crippen molar-refractivity contribution in [2.24, 2.45) is 0 Å². The Morgan fingerprint density at radius 1 is 1.21 bits per heavy atom. The number of ether oxygens (including phenoxy) is 1. The van der Waals surface area contributed by atoms with Crippen LogP contribution in [-0.4, -0.2) is 30.5 Å². The van der Waals surface area contributed by atoms with Crippen LogP contribution in [0.2, 0.25) is 0 Å². The highest BCUT2D eigenvalue weighted by Gasteiger charge is 2.38. The number of halogens is 1. The third-order valence-electron chi connectivity index (χ3n) is 4.99. The zero-order valence-corrected chi connectivity index (χ0v) is 17.7. The van der Waals surface area contributed by atoms with Gasteiger partial charge in [0, 0.05) is 16.8 Å².